The first-order valence-corrected chi connectivity index (χ1v) is 8.70. The number of benzene rings is 2. The molecule has 0 fully saturated rings. The molecule has 27 heavy (non-hydrogen) atoms. The first-order chi connectivity index (χ1) is 13.2. The number of hydrogen-bond donors (Lipinski definition) is 2. The fourth-order valence-corrected chi connectivity index (χ4v) is 2.84. The van der Waals surface area contributed by atoms with Crippen molar-refractivity contribution in [2.24, 2.45) is 0 Å². The number of nitrogens with one attached hydrogen (secondary N) is 2. The zero-order valence-electron chi connectivity index (χ0n) is 14.2. The van der Waals surface area contributed by atoms with Crippen LogP contribution >= 0.6 is 11.6 Å². The number of carbonyl (C=O) groups excluding carboxylic acids is 1. The Kier molecular flexibility index (Phi) is 4.80. The highest BCUT2D eigenvalue weighted by Gasteiger charge is 2.13. The number of ether oxygens (including phenoxy) is 2. The van der Waals surface area contributed by atoms with E-state index in [0.29, 0.717) is 22.9 Å². The number of amides is 1. The van der Waals surface area contributed by atoms with Crippen LogP contribution < -0.4 is 20.1 Å². The molecule has 0 bridgehead atoms. The third-order valence-corrected chi connectivity index (χ3v) is 4.26. The number of aromatic nitrogens is 1. The van der Waals surface area contributed by atoms with E-state index >= 15 is 0 Å². The van der Waals surface area contributed by atoms with Gasteiger partial charge >= 0.3 is 0 Å². The van der Waals surface area contributed by atoms with Crippen molar-refractivity contribution in [3.63, 3.8) is 0 Å². The molecule has 0 spiro atoms. The molecule has 136 valence electrons. The molecule has 0 saturated carbocycles. The summed E-state index contributed by atoms with van der Waals surface area (Å²) in [6.07, 6.45) is 1.67. The fraction of sp³-hybridized carbons (Fsp3) is 0.100. The molecule has 1 aromatic heterocycles. The van der Waals surface area contributed by atoms with Crippen molar-refractivity contribution in [2.75, 3.05) is 17.4 Å². The van der Waals surface area contributed by atoms with Gasteiger partial charge in [0.25, 0.3) is 5.91 Å². The van der Waals surface area contributed by atoms with Crippen LogP contribution in [0.5, 0.6) is 11.5 Å². The van der Waals surface area contributed by atoms with Gasteiger partial charge in [0.15, 0.2) is 11.5 Å². The van der Waals surface area contributed by atoms with Gasteiger partial charge in [-0.2, -0.15) is 0 Å². The minimum atomic E-state index is -0.258. The smallest absolute Gasteiger partial charge is 0.256 e. The molecule has 0 atom stereocenters. The Bertz CT molecular complexity index is 976. The lowest BCUT2D eigenvalue weighted by molar-refractivity contribution is 0.102. The van der Waals surface area contributed by atoms with Gasteiger partial charge in [0.1, 0.15) is 5.82 Å². The summed E-state index contributed by atoms with van der Waals surface area (Å²) in [5, 5.41) is 6.54. The van der Waals surface area contributed by atoms with Crippen LogP contribution in [0.4, 0.5) is 11.5 Å². The van der Waals surface area contributed by atoms with E-state index in [0.717, 1.165) is 22.7 Å². The highest BCUT2D eigenvalue weighted by atomic mass is 35.5. The molecule has 7 heteroatoms. The Hall–Kier alpha value is -3.25. The summed E-state index contributed by atoms with van der Waals surface area (Å²) in [6, 6.07) is 16.2. The molecule has 4 rings (SSSR count). The van der Waals surface area contributed by atoms with Crippen molar-refractivity contribution in [3.8, 4) is 11.5 Å². The van der Waals surface area contributed by atoms with E-state index in [4.69, 9.17) is 21.1 Å². The largest absolute Gasteiger partial charge is 0.454 e. The van der Waals surface area contributed by atoms with E-state index in [-0.39, 0.29) is 12.7 Å². The predicted octanol–water partition coefficient (Wildman–Crippen LogP) is 4.33. The minimum Gasteiger partial charge on any atom is -0.454 e. The summed E-state index contributed by atoms with van der Waals surface area (Å²) >= 11 is 5.91. The van der Waals surface area contributed by atoms with E-state index in [1.54, 1.807) is 36.5 Å². The maximum Gasteiger partial charge on any atom is 0.256 e. The second-order valence-corrected chi connectivity index (χ2v) is 6.37. The Morgan fingerprint density at radius 3 is 2.78 bits per heavy atom. The first kappa shape index (κ1) is 17.2. The van der Waals surface area contributed by atoms with E-state index in [1.807, 2.05) is 24.3 Å². The van der Waals surface area contributed by atoms with Crippen LogP contribution in [0, 0.1) is 0 Å². The topological polar surface area (TPSA) is 72.5 Å². The SMILES string of the molecule is O=C(Nc1ccc(NCc2ccc3c(c2)OCO3)cn1)c1cccc(Cl)c1. The molecule has 0 saturated heterocycles. The van der Waals surface area contributed by atoms with Crippen molar-refractivity contribution < 1.29 is 14.3 Å². The van der Waals surface area contributed by atoms with Gasteiger partial charge < -0.3 is 20.1 Å². The Morgan fingerprint density at radius 2 is 1.96 bits per heavy atom. The Morgan fingerprint density at radius 1 is 1.07 bits per heavy atom. The van der Waals surface area contributed by atoms with Gasteiger partial charge in [-0.15, -0.1) is 0 Å². The Balaban J connectivity index is 1.35. The molecule has 0 aliphatic carbocycles. The average molecular weight is 382 g/mol. The van der Waals surface area contributed by atoms with E-state index in [1.165, 1.54) is 0 Å². The highest BCUT2D eigenvalue weighted by Crippen LogP contribution is 2.32. The van der Waals surface area contributed by atoms with Gasteiger partial charge in [0.2, 0.25) is 6.79 Å². The summed E-state index contributed by atoms with van der Waals surface area (Å²) in [7, 11) is 0. The van der Waals surface area contributed by atoms with Crippen LogP contribution in [-0.4, -0.2) is 17.7 Å². The van der Waals surface area contributed by atoms with Crippen LogP contribution in [0.25, 0.3) is 0 Å². The number of carbonyl (C=O) groups is 1. The molecular formula is C20H16ClN3O3. The van der Waals surface area contributed by atoms with Crippen LogP contribution in [0.2, 0.25) is 5.02 Å². The molecule has 1 amide bonds. The van der Waals surface area contributed by atoms with Gasteiger partial charge in [-0.05, 0) is 48.0 Å². The molecule has 3 aromatic rings. The third kappa shape index (κ3) is 4.12. The monoisotopic (exact) mass is 381 g/mol. The van der Waals surface area contributed by atoms with E-state index in [2.05, 4.69) is 15.6 Å². The lowest BCUT2D eigenvalue weighted by Gasteiger charge is -2.09. The number of fused-ring (bicyclic) bond motifs is 1. The average Bonchev–Trinajstić information content (AvgIpc) is 3.15. The van der Waals surface area contributed by atoms with E-state index in [9.17, 15) is 4.79 Å². The molecule has 1 aliphatic heterocycles. The molecule has 2 heterocycles. The predicted molar refractivity (Wildman–Crippen MR) is 104 cm³/mol. The Labute approximate surface area is 161 Å². The second kappa shape index (κ2) is 7.55. The van der Waals surface area contributed by atoms with Gasteiger partial charge in [0, 0.05) is 17.1 Å². The summed E-state index contributed by atoms with van der Waals surface area (Å²) in [6.45, 7) is 0.880. The van der Waals surface area contributed by atoms with Crippen molar-refractivity contribution in [3.05, 3.63) is 76.9 Å². The maximum absolute atomic E-state index is 12.2. The number of halogens is 1. The fourth-order valence-electron chi connectivity index (χ4n) is 2.65. The minimum absolute atomic E-state index is 0.258. The van der Waals surface area contributed by atoms with Gasteiger partial charge in [-0.1, -0.05) is 23.7 Å². The quantitative estimate of drug-likeness (QED) is 0.688. The normalized spacial score (nSPS) is 11.9. The number of rotatable bonds is 5. The van der Waals surface area contributed by atoms with E-state index < -0.39 is 0 Å². The van der Waals surface area contributed by atoms with Crippen molar-refractivity contribution in [1.29, 1.82) is 0 Å². The lowest BCUT2D eigenvalue weighted by atomic mass is 10.2. The molecule has 0 unspecified atom stereocenters. The third-order valence-electron chi connectivity index (χ3n) is 4.03. The summed E-state index contributed by atoms with van der Waals surface area (Å²) in [4.78, 5) is 16.5. The second-order valence-electron chi connectivity index (χ2n) is 5.94. The van der Waals surface area contributed by atoms with Gasteiger partial charge in [-0.3, -0.25) is 4.79 Å². The summed E-state index contributed by atoms with van der Waals surface area (Å²) < 4.78 is 10.7. The van der Waals surface area contributed by atoms with Crippen LogP contribution in [0.1, 0.15) is 15.9 Å². The zero-order valence-corrected chi connectivity index (χ0v) is 15.0. The summed E-state index contributed by atoms with van der Waals surface area (Å²) in [5.74, 6) is 1.73. The van der Waals surface area contributed by atoms with Crippen LogP contribution in [-0.2, 0) is 6.54 Å². The zero-order chi connectivity index (χ0) is 18.6. The molecule has 2 aromatic carbocycles. The number of pyridine rings is 1. The molecular weight excluding hydrogens is 366 g/mol. The molecule has 1 aliphatic rings. The van der Waals surface area contributed by atoms with Gasteiger partial charge in [-0.25, -0.2) is 4.98 Å². The van der Waals surface area contributed by atoms with Crippen molar-refractivity contribution in [1.82, 2.24) is 4.98 Å². The van der Waals surface area contributed by atoms with Crippen LogP contribution in [0.3, 0.4) is 0 Å². The number of nitrogens with zero attached hydrogens (tertiary/aromatic N) is 1. The number of anilines is 2. The first-order valence-electron chi connectivity index (χ1n) is 8.33. The highest BCUT2D eigenvalue weighted by molar-refractivity contribution is 6.31. The summed E-state index contributed by atoms with van der Waals surface area (Å²) in [5.41, 5.74) is 2.39. The lowest BCUT2D eigenvalue weighted by Crippen LogP contribution is -2.12. The standard InChI is InChI=1S/C20H16ClN3O3/c21-15-3-1-2-14(9-15)20(25)24-19-7-5-16(11-23-19)22-10-13-4-6-17-18(8-13)27-12-26-17/h1-9,11,22H,10,12H2,(H,23,24,25). The van der Waals surface area contributed by atoms with Crippen molar-refractivity contribution >= 4 is 29.0 Å². The molecule has 0 radical (unpaired) electrons. The molecule has 6 nitrogen and oxygen atoms in total. The maximum atomic E-state index is 12.2. The van der Waals surface area contributed by atoms with Crippen LogP contribution in [0.15, 0.2) is 60.8 Å². The number of hydrogen-bond acceptors (Lipinski definition) is 5. The van der Waals surface area contributed by atoms with Crippen molar-refractivity contribution in [2.45, 2.75) is 6.54 Å². The van der Waals surface area contributed by atoms with Gasteiger partial charge in [0.05, 0.1) is 11.9 Å². The molecule has 2 N–H and O–H groups in total.